The molecule has 0 heterocycles. The van der Waals surface area contributed by atoms with Crippen molar-refractivity contribution in [3.8, 4) is 0 Å². The fraction of sp³-hybridized carbons (Fsp3) is 0.909. The van der Waals surface area contributed by atoms with Crippen LogP contribution in [0.5, 0.6) is 0 Å². The van der Waals surface area contributed by atoms with Crippen LogP contribution in [0.15, 0.2) is 0 Å². The van der Waals surface area contributed by atoms with Crippen LogP contribution in [0, 0.1) is 0 Å². The fourth-order valence-electron chi connectivity index (χ4n) is 3.05. The minimum atomic E-state index is -1.08. The second kappa shape index (κ2) is 23.9. The Bertz CT molecular complexity index is 340. The van der Waals surface area contributed by atoms with Crippen molar-refractivity contribution in [1.29, 1.82) is 0 Å². The zero-order chi connectivity index (χ0) is 21.5. The summed E-state index contributed by atoms with van der Waals surface area (Å²) < 4.78 is 0. The lowest BCUT2D eigenvalue weighted by Crippen LogP contribution is -2.35. The van der Waals surface area contributed by atoms with Gasteiger partial charge in [-0.05, 0) is 13.3 Å². The fourth-order valence-corrected chi connectivity index (χ4v) is 3.05. The highest BCUT2D eigenvalue weighted by Crippen LogP contribution is 2.13. The Balaban J connectivity index is 0. The largest absolute Gasteiger partial charge is 0.550 e. The first kappa shape index (κ1) is 29.1. The van der Waals surface area contributed by atoms with Crippen LogP contribution in [-0.4, -0.2) is 53.3 Å². The summed E-state index contributed by atoms with van der Waals surface area (Å²) in [5, 5.41) is 26.7. The van der Waals surface area contributed by atoms with Crippen LogP contribution in [0.25, 0.3) is 0 Å². The third-order valence-corrected chi connectivity index (χ3v) is 4.59. The number of rotatable bonds is 18. The number of aliphatic hydroxyl groups excluding tert-OH is 2. The van der Waals surface area contributed by atoms with Crippen molar-refractivity contribution in [2.75, 3.05) is 26.3 Å². The summed E-state index contributed by atoms with van der Waals surface area (Å²) in [6, 6.07) is 0. The first-order valence-electron chi connectivity index (χ1n) is 11.2. The number of hydrogen-bond acceptors (Lipinski definition) is 5. The summed E-state index contributed by atoms with van der Waals surface area (Å²) in [4.78, 5) is 22.4. The van der Waals surface area contributed by atoms with Gasteiger partial charge < -0.3 is 25.0 Å². The molecular weight excluding hydrogens is 358 g/mol. The zero-order valence-electron chi connectivity index (χ0n) is 18.3. The molecule has 0 aromatic rings. The lowest BCUT2D eigenvalue weighted by atomic mass is 10.0. The van der Waals surface area contributed by atoms with Crippen LogP contribution in [0.1, 0.15) is 104 Å². The van der Waals surface area contributed by atoms with Crippen LogP contribution < -0.4 is 5.11 Å². The second-order valence-electron chi connectivity index (χ2n) is 7.31. The van der Waals surface area contributed by atoms with Gasteiger partial charge in [0.1, 0.15) is 0 Å². The molecule has 0 atom stereocenters. The lowest BCUT2D eigenvalue weighted by Gasteiger charge is -2.20. The van der Waals surface area contributed by atoms with Gasteiger partial charge in [-0.15, -0.1) is 0 Å². The molecule has 0 bridgehead atoms. The number of amides is 1. The Morgan fingerprint density at radius 2 is 1.04 bits per heavy atom. The maximum absolute atomic E-state index is 11.9. The van der Waals surface area contributed by atoms with Gasteiger partial charge in [-0.25, -0.2) is 0 Å². The van der Waals surface area contributed by atoms with E-state index in [1.807, 2.05) is 0 Å². The van der Waals surface area contributed by atoms with E-state index < -0.39 is 5.97 Å². The minimum Gasteiger partial charge on any atom is -0.550 e. The summed E-state index contributed by atoms with van der Waals surface area (Å²) in [6.07, 6.45) is 17.4. The van der Waals surface area contributed by atoms with Crippen LogP contribution in [0.3, 0.4) is 0 Å². The average molecular weight is 403 g/mol. The molecule has 0 aliphatic heterocycles. The Kier molecular flexibility index (Phi) is 24.8. The average Bonchev–Trinajstić information content (AvgIpc) is 2.64. The van der Waals surface area contributed by atoms with Crippen molar-refractivity contribution in [2.45, 2.75) is 104 Å². The quantitative estimate of drug-likeness (QED) is 0.343. The van der Waals surface area contributed by atoms with E-state index in [4.69, 9.17) is 20.1 Å². The van der Waals surface area contributed by atoms with E-state index in [-0.39, 0.29) is 19.1 Å². The van der Waals surface area contributed by atoms with Gasteiger partial charge in [0, 0.05) is 25.5 Å². The van der Waals surface area contributed by atoms with Gasteiger partial charge in [0.2, 0.25) is 5.91 Å². The Morgan fingerprint density at radius 3 is 1.36 bits per heavy atom. The van der Waals surface area contributed by atoms with E-state index >= 15 is 0 Å². The molecular formula is C22H44NO5-. The maximum Gasteiger partial charge on any atom is 0.222 e. The smallest absolute Gasteiger partial charge is 0.222 e. The van der Waals surface area contributed by atoms with E-state index in [1.54, 1.807) is 4.90 Å². The van der Waals surface area contributed by atoms with Gasteiger partial charge in [0.25, 0.3) is 0 Å². The molecule has 0 rings (SSSR count). The molecule has 6 heteroatoms. The Labute approximate surface area is 172 Å². The molecule has 168 valence electrons. The van der Waals surface area contributed by atoms with E-state index in [2.05, 4.69) is 6.92 Å². The van der Waals surface area contributed by atoms with Gasteiger partial charge in [-0.2, -0.15) is 0 Å². The van der Waals surface area contributed by atoms with Crippen molar-refractivity contribution >= 4 is 11.9 Å². The van der Waals surface area contributed by atoms with Crippen molar-refractivity contribution in [3.05, 3.63) is 0 Å². The highest BCUT2D eigenvalue weighted by molar-refractivity contribution is 5.76. The normalized spacial score (nSPS) is 10.3. The summed E-state index contributed by atoms with van der Waals surface area (Å²) in [6.45, 7) is 3.82. The number of hydrogen-bond donors (Lipinski definition) is 2. The van der Waals surface area contributed by atoms with Crippen LogP contribution in [0.2, 0.25) is 0 Å². The van der Waals surface area contributed by atoms with Crippen LogP contribution in [0.4, 0.5) is 0 Å². The Hall–Kier alpha value is -1.14. The number of carboxylic acids is 1. The van der Waals surface area contributed by atoms with Crippen LogP contribution >= 0.6 is 0 Å². The molecule has 28 heavy (non-hydrogen) atoms. The highest BCUT2D eigenvalue weighted by atomic mass is 16.4. The predicted molar refractivity (Wildman–Crippen MR) is 112 cm³/mol. The SMILES string of the molecule is CC(=O)[O-].CCCCCCCCCCCCCCCC(=O)N(CCO)CCO. The molecule has 0 fully saturated rings. The first-order valence-corrected chi connectivity index (χ1v) is 11.2. The van der Waals surface area contributed by atoms with E-state index in [0.717, 1.165) is 19.8 Å². The number of nitrogens with zero attached hydrogens (tertiary/aromatic N) is 1. The Morgan fingerprint density at radius 1 is 0.714 bits per heavy atom. The molecule has 0 saturated carbocycles. The highest BCUT2D eigenvalue weighted by Gasteiger charge is 2.11. The molecule has 0 aromatic heterocycles. The first-order chi connectivity index (χ1) is 13.5. The number of aliphatic carboxylic acids is 1. The summed E-state index contributed by atoms with van der Waals surface area (Å²) in [7, 11) is 0. The van der Waals surface area contributed by atoms with Crippen molar-refractivity contribution in [2.24, 2.45) is 0 Å². The van der Waals surface area contributed by atoms with Gasteiger partial charge in [0.05, 0.1) is 13.2 Å². The summed E-state index contributed by atoms with van der Waals surface area (Å²) in [5.41, 5.74) is 0. The van der Waals surface area contributed by atoms with Crippen molar-refractivity contribution in [3.63, 3.8) is 0 Å². The number of carbonyl (C=O) groups excluding carboxylic acids is 2. The molecule has 0 radical (unpaired) electrons. The number of aliphatic hydroxyl groups is 2. The molecule has 6 nitrogen and oxygen atoms in total. The van der Waals surface area contributed by atoms with Gasteiger partial charge in [-0.3, -0.25) is 4.79 Å². The molecule has 0 saturated heterocycles. The zero-order valence-corrected chi connectivity index (χ0v) is 18.3. The summed E-state index contributed by atoms with van der Waals surface area (Å²) in [5.74, 6) is -1.03. The standard InChI is InChI=1S/C20H41NO3.C2H4O2/c1-2-3-4-5-6-7-8-9-10-11-12-13-14-15-20(24)21(16-18-22)17-19-23;1-2(3)4/h22-23H,2-19H2,1H3;1H3,(H,3,4)/p-1. The third-order valence-electron chi connectivity index (χ3n) is 4.59. The van der Waals surface area contributed by atoms with E-state index in [0.29, 0.717) is 19.5 Å². The van der Waals surface area contributed by atoms with Gasteiger partial charge in [0.15, 0.2) is 0 Å². The molecule has 0 spiro atoms. The lowest BCUT2D eigenvalue weighted by molar-refractivity contribution is -0.302. The number of carbonyl (C=O) groups is 2. The maximum atomic E-state index is 11.9. The van der Waals surface area contributed by atoms with Crippen LogP contribution in [-0.2, 0) is 9.59 Å². The molecule has 0 aromatic carbocycles. The number of unbranched alkanes of at least 4 members (excludes halogenated alkanes) is 12. The molecule has 0 aliphatic carbocycles. The topological polar surface area (TPSA) is 101 Å². The van der Waals surface area contributed by atoms with Gasteiger partial charge >= 0.3 is 0 Å². The van der Waals surface area contributed by atoms with Gasteiger partial charge in [-0.1, -0.05) is 84.0 Å². The monoisotopic (exact) mass is 402 g/mol. The van der Waals surface area contributed by atoms with E-state index in [1.165, 1.54) is 70.6 Å². The number of carboxylic acid groups (broad SMARTS) is 1. The molecule has 0 unspecified atom stereocenters. The van der Waals surface area contributed by atoms with Crippen molar-refractivity contribution < 1.29 is 24.9 Å². The second-order valence-corrected chi connectivity index (χ2v) is 7.31. The predicted octanol–water partition coefficient (Wildman–Crippen LogP) is 3.04. The molecule has 1 amide bonds. The van der Waals surface area contributed by atoms with Crippen molar-refractivity contribution in [1.82, 2.24) is 4.90 Å². The molecule has 2 N–H and O–H groups in total. The molecule has 0 aliphatic rings. The minimum absolute atomic E-state index is 0.0374. The third kappa shape index (κ3) is 24.9. The van der Waals surface area contributed by atoms with E-state index in [9.17, 15) is 4.79 Å². The summed E-state index contributed by atoms with van der Waals surface area (Å²) >= 11 is 0.